The van der Waals surface area contributed by atoms with Crippen LogP contribution in [-0.2, 0) is 0 Å². The molecule has 3 N–H and O–H groups in total. The van der Waals surface area contributed by atoms with Crippen molar-refractivity contribution in [1.29, 1.82) is 0 Å². The van der Waals surface area contributed by atoms with Crippen LogP contribution in [0.3, 0.4) is 0 Å². The third kappa shape index (κ3) is 2.24. The SMILES string of the molecule is CN(C)c1c([C@@H](N)CO)ccc(F)c1F. The first-order valence-corrected chi connectivity index (χ1v) is 4.50. The Morgan fingerprint density at radius 1 is 1.40 bits per heavy atom. The summed E-state index contributed by atoms with van der Waals surface area (Å²) in [6, 6.07) is 1.68. The molecule has 1 rings (SSSR count). The van der Waals surface area contributed by atoms with E-state index < -0.39 is 17.7 Å². The molecule has 1 aromatic rings. The molecule has 0 bridgehead atoms. The van der Waals surface area contributed by atoms with E-state index in [-0.39, 0.29) is 12.3 Å². The maximum atomic E-state index is 13.5. The highest BCUT2D eigenvalue weighted by Gasteiger charge is 2.18. The summed E-state index contributed by atoms with van der Waals surface area (Å²) < 4.78 is 26.4. The quantitative estimate of drug-likeness (QED) is 0.793. The maximum Gasteiger partial charge on any atom is 0.182 e. The Kier molecular flexibility index (Phi) is 3.60. The molecule has 0 aliphatic carbocycles. The van der Waals surface area contributed by atoms with Gasteiger partial charge in [0.2, 0.25) is 0 Å². The van der Waals surface area contributed by atoms with Crippen molar-refractivity contribution in [3.63, 3.8) is 0 Å². The molecule has 0 saturated carbocycles. The van der Waals surface area contributed by atoms with E-state index in [1.165, 1.54) is 11.0 Å². The molecule has 0 unspecified atom stereocenters. The molecule has 0 heterocycles. The lowest BCUT2D eigenvalue weighted by Crippen LogP contribution is -2.21. The van der Waals surface area contributed by atoms with Gasteiger partial charge in [0.05, 0.1) is 18.3 Å². The predicted molar refractivity (Wildman–Crippen MR) is 54.7 cm³/mol. The van der Waals surface area contributed by atoms with Crippen LogP contribution in [-0.4, -0.2) is 25.8 Å². The van der Waals surface area contributed by atoms with Crippen molar-refractivity contribution in [2.75, 3.05) is 25.6 Å². The summed E-state index contributed by atoms with van der Waals surface area (Å²) in [6.45, 7) is -0.314. The minimum absolute atomic E-state index is 0.0801. The standard InChI is InChI=1S/C10H14F2N2O/c1-14(2)10-6(8(13)5-15)3-4-7(11)9(10)12/h3-4,8,15H,5,13H2,1-2H3/t8-/m0/s1. The Bertz CT molecular complexity index is 356. The van der Waals surface area contributed by atoms with Crippen LogP contribution in [0.2, 0.25) is 0 Å². The van der Waals surface area contributed by atoms with Crippen LogP contribution in [0, 0.1) is 11.6 Å². The van der Waals surface area contributed by atoms with Crippen LogP contribution in [0.1, 0.15) is 11.6 Å². The molecule has 0 aromatic heterocycles. The number of anilines is 1. The average Bonchev–Trinajstić information content (AvgIpc) is 2.20. The van der Waals surface area contributed by atoms with Gasteiger partial charge in [-0.2, -0.15) is 0 Å². The fraction of sp³-hybridized carbons (Fsp3) is 0.400. The highest BCUT2D eigenvalue weighted by molar-refractivity contribution is 5.55. The molecule has 5 heteroatoms. The number of nitrogens with two attached hydrogens (primary N) is 1. The molecule has 84 valence electrons. The van der Waals surface area contributed by atoms with Gasteiger partial charge >= 0.3 is 0 Å². The number of aliphatic hydroxyl groups is 1. The Labute approximate surface area is 87.1 Å². The number of rotatable bonds is 3. The van der Waals surface area contributed by atoms with Crippen molar-refractivity contribution >= 4 is 5.69 Å². The minimum atomic E-state index is -0.943. The van der Waals surface area contributed by atoms with Gasteiger partial charge in [0.25, 0.3) is 0 Å². The van der Waals surface area contributed by atoms with Crippen LogP contribution >= 0.6 is 0 Å². The van der Waals surface area contributed by atoms with Gasteiger partial charge in [-0.1, -0.05) is 6.07 Å². The van der Waals surface area contributed by atoms with Crippen molar-refractivity contribution in [2.24, 2.45) is 5.73 Å². The van der Waals surface area contributed by atoms with E-state index in [2.05, 4.69) is 0 Å². The zero-order valence-electron chi connectivity index (χ0n) is 8.67. The zero-order valence-corrected chi connectivity index (χ0v) is 8.67. The van der Waals surface area contributed by atoms with E-state index in [0.717, 1.165) is 6.07 Å². The van der Waals surface area contributed by atoms with Crippen molar-refractivity contribution in [3.8, 4) is 0 Å². The molecule has 0 aliphatic rings. The van der Waals surface area contributed by atoms with Gasteiger partial charge in [-0.3, -0.25) is 0 Å². The largest absolute Gasteiger partial charge is 0.394 e. The topological polar surface area (TPSA) is 49.5 Å². The Morgan fingerprint density at radius 2 is 2.00 bits per heavy atom. The predicted octanol–water partition coefficient (Wildman–Crippen LogP) is 1.02. The number of aliphatic hydroxyl groups excluding tert-OH is 1. The number of benzene rings is 1. The molecule has 1 atom stereocenters. The molecule has 0 saturated heterocycles. The van der Waals surface area contributed by atoms with Gasteiger partial charge in [-0.15, -0.1) is 0 Å². The van der Waals surface area contributed by atoms with Gasteiger partial charge in [0.15, 0.2) is 11.6 Å². The van der Waals surface area contributed by atoms with E-state index in [9.17, 15) is 8.78 Å². The van der Waals surface area contributed by atoms with Crippen molar-refractivity contribution < 1.29 is 13.9 Å². The summed E-state index contributed by atoms with van der Waals surface area (Å²) in [6.07, 6.45) is 0. The number of hydrogen-bond donors (Lipinski definition) is 2. The molecule has 15 heavy (non-hydrogen) atoms. The second kappa shape index (κ2) is 4.55. The Balaban J connectivity index is 3.33. The van der Waals surface area contributed by atoms with Crippen LogP contribution < -0.4 is 10.6 Å². The summed E-state index contributed by atoms with van der Waals surface area (Å²) in [5.74, 6) is -1.87. The third-order valence-electron chi connectivity index (χ3n) is 2.14. The second-order valence-corrected chi connectivity index (χ2v) is 3.48. The highest BCUT2D eigenvalue weighted by Crippen LogP contribution is 2.28. The van der Waals surface area contributed by atoms with E-state index in [0.29, 0.717) is 5.56 Å². The summed E-state index contributed by atoms with van der Waals surface area (Å²) in [7, 11) is 3.18. The summed E-state index contributed by atoms with van der Waals surface area (Å²) in [5, 5.41) is 8.89. The lowest BCUT2D eigenvalue weighted by molar-refractivity contribution is 0.268. The van der Waals surface area contributed by atoms with Gasteiger partial charge < -0.3 is 15.7 Å². The molecule has 0 fully saturated rings. The monoisotopic (exact) mass is 216 g/mol. The van der Waals surface area contributed by atoms with E-state index in [1.807, 2.05) is 0 Å². The smallest absolute Gasteiger partial charge is 0.182 e. The number of hydrogen-bond acceptors (Lipinski definition) is 3. The van der Waals surface area contributed by atoms with E-state index in [4.69, 9.17) is 10.8 Å². The van der Waals surface area contributed by atoms with Crippen LogP contribution in [0.4, 0.5) is 14.5 Å². The van der Waals surface area contributed by atoms with Crippen LogP contribution in [0.25, 0.3) is 0 Å². The molecule has 0 amide bonds. The van der Waals surface area contributed by atoms with Gasteiger partial charge in [0, 0.05) is 14.1 Å². The van der Waals surface area contributed by atoms with Gasteiger partial charge in [0.1, 0.15) is 0 Å². The van der Waals surface area contributed by atoms with E-state index >= 15 is 0 Å². The Hall–Kier alpha value is -1.20. The van der Waals surface area contributed by atoms with Crippen LogP contribution in [0.15, 0.2) is 12.1 Å². The first-order chi connectivity index (χ1) is 6.99. The average molecular weight is 216 g/mol. The summed E-state index contributed by atoms with van der Waals surface area (Å²) >= 11 is 0. The van der Waals surface area contributed by atoms with Gasteiger partial charge in [-0.25, -0.2) is 8.78 Å². The number of halogens is 2. The molecular weight excluding hydrogens is 202 g/mol. The molecule has 0 aliphatic heterocycles. The number of nitrogens with zero attached hydrogens (tertiary/aromatic N) is 1. The maximum absolute atomic E-state index is 13.5. The van der Waals surface area contributed by atoms with Gasteiger partial charge in [-0.05, 0) is 11.6 Å². The zero-order chi connectivity index (χ0) is 11.6. The lowest BCUT2D eigenvalue weighted by atomic mass is 10.0. The summed E-state index contributed by atoms with van der Waals surface area (Å²) in [4.78, 5) is 1.43. The molecule has 0 spiro atoms. The minimum Gasteiger partial charge on any atom is -0.394 e. The molecule has 3 nitrogen and oxygen atoms in total. The third-order valence-corrected chi connectivity index (χ3v) is 2.14. The normalized spacial score (nSPS) is 12.7. The lowest BCUT2D eigenvalue weighted by Gasteiger charge is -2.21. The molecule has 0 radical (unpaired) electrons. The first-order valence-electron chi connectivity index (χ1n) is 4.50. The van der Waals surface area contributed by atoms with Crippen molar-refractivity contribution in [2.45, 2.75) is 6.04 Å². The molecular formula is C10H14F2N2O. The fourth-order valence-corrected chi connectivity index (χ4v) is 1.41. The Morgan fingerprint density at radius 3 is 2.47 bits per heavy atom. The first kappa shape index (κ1) is 11.9. The summed E-state index contributed by atoms with van der Waals surface area (Å²) in [5.41, 5.74) is 6.06. The fourth-order valence-electron chi connectivity index (χ4n) is 1.41. The van der Waals surface area contributed by atoms with E-state index in [1.54, 1.807) is 14.1 Å². The van der Waals surface area contributed by atoms with Crippen molar-refractivity contribution in [1.82, 2.24) is 0 Å². The highest BCUT2D eigenvalue weighted by atomic mass is 19.2. The van der Waals surface area contributed by atoms with Crippen molar-refractivity contribution in [3.05, 3.63) is 29.3 Å². The second-order valence-electron chi connectivity index (χ2n) is 3.48. The van der Waals surface area contributed by atoms with Crippen LogP contribution in [0.5, 0.6) is 0 Å². The molecule has 1 aromatic carbocycles.